The Morgan fingerprint density at radius 2 is 2.00 bits per heavy atom. The Labute approximate surface area is 100 Å². The molecule has 1 unspecified atom stereocenters. The van der Waals surface area contributed by atoms with Crippen LogP contribution in [0.25, 0.3) is 0 Å². The molecule has 0 heterocycles. The predicted octanol–water partition coefficient (Wildman–Crippen LogP) is 3.73. The van der Waals surface area contributed by atoms with Gasteiger partial charge in [-0.2, -0.15) is 0 Å². The van der Waals surface area contributed by atoms with Crippen LogP contribution >= 0.6 is 23.0 Å². The van der Waals surface area contributed by atoms with Gasteiger partial charge in [-0.05, 0) is 37.5 Å². The normalized spacial score (nSPS) is 29.6. The number of hydrogen-bond acceptors (Lipinski definition) is 2. The maximum Gasteiger partial charge on any atom is 0.318 e. The number of halogens is 1. The molecule has 1 fully saturated rings. The second-order valence-electron chi connectivity index (χ2n) is 4.39. The van der Waals surface area contributed by atoms with Gasteiger partial charge in [0.05, 0.1) is 5.92 Å². The minimum Gasteiger partial charge on any atom is -0.394 e. The van der Waals surface area contributed by atoms with E-state index in [1.807, 2.05) is 0 Å². The number of carbonyl (C=O) groups is 1. The van der Waals surface area contributed by atoms with E-state index in [9.17, 15) is 4.79 Å². The molecule has 0 aromatic carbocycles. The van der Waals surface area contributed by atoms with Crippen LogP contribution < -0.4 is 0 Å². The van der Waals surface area contributed by atoms with E-state index < -0.39 is 0 Å². The van der Waals surface area contributed by atoms with Gasteiger partial charge in [-0.1, -0.05) is 20.3 Å². The lowest BCUT2D eigenvalue weighted by Gasteiger charge is -2.30. The second-order valence-corrected chi connectivity index (χ2v) is 4.83. The smallest absolute Gasteiger partial charge is 0.318 e. The topological polar surface area (TPSA) is 26.3 Å². The van der Waals surface area contributed by atoms with E-state index in [1.54, 1.807) is 23.0 Å². The van der Waals surface area contributed by atoms with Crippen molar-refractivity contribution in [2.24, 2.45) is 17.8 Å². The first kappa shape index (κ1) is 12.3. The molecule has 0 aliphatic heterocycles. The zero-order valence-corrected chi connectivity index (χ0v) is 11.1. The fourth-order valence-electron chi connectivity index (χ4n) is 2.32. The summed E-state index contributed by atoms with van der Waals surface area (Å²) in [7, 11) is 0. The van der Waals surface area contributed by atoms with Gasteiger partial charge < -0.3 is 3.07 Å². The zero-order chi connectivity index (χ0) is 10.6. The lowest BCUT2D eigenvalue weighted by molar-refractivity contribution is -0.137. The molecule has 0 saturated heterocycles. The third-order valence-electron chi connectivity index (χ3n) is 3.63. The fraction of sp³-hybridized carbons (Fsp3) is 0.909. The van der Waals surface area contributed by atoms with Gasteiger partial charge in [-0.25, -0.2) is 0 Å². The van der Waals surface area contributed by atoms with E-state index >= 15 is 0 Å². The van der Waals surface area contributed by atoms with Gasteiger partial charge in [0.25, 0.3) is 0 Å². The summed E-state index contributed by atoms with van der Waals surface area (Å²) in [4.78, 5) is 11.3. The van der Waals surface area contributed by atoms with E-state index in [1.165, 1.54) is 19.3 Å². The highest BCUT2D eigenvalue weighted by Crippen LogP contribution is 2.35. The molecule has 0 aromatic heterocycles. The molecule has 1 atom stereocenters. The summed E-state index contributed by atoms with van der Waals surface area (Å²) >= 11 is 1.69. The Balaban J connectivity index is 2.34. The van der Waals surface area contributed by atoms with Crippen molar-refractivity contribution in [3.8, 4) is 0 Å². The number of hydrogen-bond donors (Lipinski definition) is 0. The lowest BCUT2D eigenvalue weighted by Crippen LogP contribution is -2.24. The predicted molar refractivity (Wildman–Crippen MR) is 65.0 cm³/mol. The zero-order valence-electron chi connectivity index (χ0n) is 8.96. The monoisotopic (exact) mass is 310 g/mol. The standard InChI is InChI=1S/C11H19IO2/c1-3-8(2)9-4-6-10(7-5-9)11(13)14-12/h8-10H,3-7H2,1-2H3. The van der Waals surface area contributed by atoms with Gasteiger partial charge in [-0.3, -0.25) is 4.79 Å². The molecule has 82 valence electrons. The van der Waals surface area contributed by atoms with Crippen LogP contribution in [0.1, 0.15) is 46.0 Å². The minimum absolute atomic E-state index is 0.0202. The molecule has 0 spiro atoms. The van der Waals surface area contributed by atoms with Gasteiger partial charge in [0.1, 0.15) is 0 Å². The first-order valence-corrected chi connectivity index (χ1v) is 6.39. The summed E-state index contributed by atoms with van der Waals surface area (Å²) < 4.78 is 4.74. The van der Waals surface area contributed by atoms with Crippen LogP contribution in [0.15, 0.2) is 0 Å². The van der Waals surface area contributed by atoms with Crippen molar-refractivity contribution in [1.82, 2.24) is 0 Å². The van der Waals surface area contributed by atoms with E-state index in [4.69, 9.17) is 3.07 Å². The number of carbonyl (C=O) groups excluding carboxylic acids is 1. The van der Waals surface area contributed by atoms with Crippen LogP contribution in [-0.4, -0.2) is 5.97 Å². The highest BCUT2D eigenvalue weighted by Gasteiger charge is 2.28. The van der Waals surface area contributed by atoms with Crippen molar-refractivity contribution in [1.29, 1.82) is 0 Å². The fourth-order valence-corrected chi connectivity index (χ4v) is 2.68. The first-order chi connectivity index (χ1) is 6.69. The maximum absolute atomic E-state index is 11.3. The van der Waals surface area contributed by atoms with Crippen molar-refractivity contribution in [2.75, 3.05) is 0 Å². The molecular weight excluding hydrogens is 291 g/mol. The molecule has 1 aliphatic carbocycles. The van der Waals surface area contributed by atoms with Crippen molar-refractivity contribution in [2.45, 2.75) is 46.0 Å². The molecule has 0 radical (unpaired) electrons. The van der Waals surface area contributed by atoms with Gasteiger partial charge >= 0.3 is 5.97 Å². The highest BCUT2D eigenvalue weighted by atomic mass is 127. The van der Waals surface area contributed by atoms with Gasteiger partial charge in [0.15, 0.2) is 23.0 Å². The average molecular weight is 310 g/mol. The Kier molecular flexibility index (Phi) is 5.20. The van der Waals surface area contributed by atoms with Crippen molar-refractivity contribution >= 4 is 29.0 Å². The molecule has 1 aliphatic rings. The van der Waals surface area contributed by atoms with E-state index in [-0.39, 0.29) is 11.9 Å². The van der Waals surface area contributed by atoms with Crippen molar-refractivity contribution in [3.05, 3.63) is 0 Å². The largest absolute Gasteiger partial charge is 0.394 e. The molecule has 0 N–H and O–H groups in total. The SMILES string of the molecule is CCC(C)C1CCC(C(=O)OI)CC1. The molecular formula is C11H19IO2. The quantitative estimate of drug-likeness (QED) is 0.743. The third-order valence-corrected chi connectivity index (χ3v) is 4.06. The van der Waals surface area contributed by atoms with Crippen LogP contribution in [0.4, 0.5) is 0 Å². The molecule has 0 amide bonds. The van der Waals surface area contributed by atoms with Gasteiger partial charge in [0.2, 0.25) is 0 Å². The minimum atomic E-state index is -0.0202. The number of rotatable bonds is 3. The molecule has 1 rings (SSSR count). The first-order valence-electron chi connectivity index (χ1n) is 5.51. The third kappa shape index (κ3) is 3.11. The average Bonchev–Trinajstić information content (AvgIpc) is 2.27. The molecule has 1 saturated carbocycles. The Morgan fingerprint density at radius 3 is 2.43 bits per heavy atom. The van der Waals surface area contributed by atoms with E-state index in [0.29, 0.717) is 0 Å². The summed E-state index contributed by atoms with van der Waals surface area (Å²) in [5.41, 5.74) is 0. The molecule has 14 heavy (non-hydrogen) atoms. The van der Waals surface area contributed by atoms with Gasteiger partial charge in [0, 0.05) is 0 Å². The second kappa shape index (κ2) is 5.93. The molecule has 2 nitrogen and oxygen atoms in total. The van der Waals surface area contributed by atoms with Crippen LogP contribution in [0.5, 0.6) is 0 Å². The molecule has 0 bridgehead atoms. The Bertz CT molecular complexity index is 186. The Morgan fingerprint density at radius 1 is 1.43 bits per heavy atom. The van der Waals surface area contributed by atoms with Gasteiger partial charge in [-0.15, -0.1) is 0 Å². The maximum atomic E-state index is 11.3. The summed E-state index contributed by atoms with van der Waals surface area (Å²) in [6.07, 6.45) is 5.70. The van der Waals surface area contributed by atoms with Crippen LogP contribution in [-0.2, 0) is 7.86 Å². The van der Waals surface area contributed by atoms with Crippen molar-refractivity contribution in [3.63, 3.8) is 0 Å². The van der Waals surface area contributed by atoms with Crippen LogP contribution in [0, 0.1) is 17.8 Å². The van der Waals surface area contributed by atoms with E-state index in [0.717, 1.165) is 24.7 Å². The highest BCUT2D eigenvalue weighted by molar-refractivity contribution is 14.1. The molecule has 3 heteroatoms. The summed E-state index contributed by atoms with van der Waals surface area (Å²) in [5.74, 6) is 1.80. The Hall–Kier alpha value is 0.200. The van der Waals surface area contributed by atoms with Crippen molar-refractivity contribution < 1.29 is 7.86 Å². The van der Waals surface area contributed by atoms with Crippen LogP contribution in [0.2, 0.25) is 0 Å². The molecule has 0 aromatic rings. The van der Waals surface area contributed by atoms with E-state index in [2.05, 4.69) is 13.8 Å². The lowest BCUT2D eigenvalue weighted by atomic mass is 9.76. The summed E-state index contributed by atoms with van der Waals surface area (Å²) in [6, 6.07) is 0. The summed E-state index contributed by atoms with van der Waals surface area (Å²) in [5, 5.41) is 0. The van der Waals surface area contributed by atoms with Crippen LogP contribution in [0.3, 0.4) is 0 Å². The summed E-state index contributed by atoms with van der Waals surface area (Å²) in [6.45, 7) is 4.57.